The number of sulfone groups is 1. The number of nitrogens with zero attached hydrogens (tertiary/aromatic N) is 5. The smallest absolute Gasteiger partial charge is 0.406 e. The normalized spacial score (nSPS) is 18.9. The molecule has 214 valence electrons. The summed E-state index contributed by atoms with van der Waals surface area (Å²) in [6, 6.07) is 11.7. The predicted molar refractivity (Wildman–Crippen MR) is 142 cm³/mol. The molecule has 1 aliphatic heterocycles. The highest BCUT2D eigenvalue weighted by atomic mass is 32.2. The summed E-state index contributed by atoms with van der Waals surface area (Å²) in [7, 11) is -1.72. The lowest BCUT2D eigenvalue weighted by Gasteiger charge is -2.40. The molecule has 0 aliphatic carbocycles. The van der Waals surface area contributed by atoms with Gasteiger partial charge in [-0.25, -0.2) is 12.8 Å². The highest BCUT2D eigenvalue weighted by molar-refractivity contribution is 7.90. The van der Waals surface area contributed by atoms with Crippen LogP contribution >= 0.6 is 0 Å². The van der Waals surface area contributed by atoms with E-state index in [1.165, 1.54) is 24.3 Å². The summed E-state index contributed by atoms with van der Waals surface area (Å²) in [6.45, 7) is -0.588. The highest BCUT2D eigenvalue weighted by Crippen LogP contribution is 2.34. The summed E-state index contributed by atoms with van der Waals surface area (Å²) in [6.07, 6.45) is -4.26. The summed E-state index contributed by atoms with van der Waals surface area (Å²) >= 11 is 0. The largest absolute Gasteiger partial charge is 0.417 e. The maximum absolute atomic E-state index is 15.3. The van der Waals surface area contributed by atoms with E-state index in [1.54, 1.807) is 29.2 Å². The van der Waals surface area contributed by atoms with E-state index >= 15 is 4.39 Å². The molecule has 3 heterocycles. The van der Waals surface area contributed by atoms with Crippen LogP contribution in [0.25, 0.3) is 22.5 Å². The highest BCUT2D eigenvalue weighted by Gasteiger charge is 2.35. The van der Waals surface area contributed by atoms with Crippen LogP contribution in [-0.2, 0) is 22.9 Å². The third-order valence-corrected chi connectivity index (χ3v) is 8.11. The number of nitrogens with two attached hydrogens (primary N) is 1. The van der Waals surface area contributed by atoms with E-state index in [0.717, 1.165) is 10.8 Å². The number of piperidine rings is 1. The number of hydrogen-bond acceptors (Lipinski definition) is 8. The molecule has 9 nitrogen and oxygen atoms in total. The molecule has 0 spiro atoms. The van der Waals surface area contributed by atoms with Gasteiger partial charge in [0.1, 0.15) is 18.4 Å². The molecule has 2 aromatic carbocycles. The van der Waals surface area contributed by atoms with Gasteiger partial charge in [-0.2, -0.15) is 13.2 Å². The number of fused-ring (bicyclic) bond motifs is 1. The third kappa shape index (κ3) is 5.77. The molecule has 4 aromatic rings. The van der Waals surface area contributed by atoms with Gasteiger partial charge in [0, 0.05) is 36.1 Å². The van der Waals surface area contributed by atoms with Crippen molar-refractivity contribution in [2.45, 2.75) is 42.8 Å². The SMILES string of the molecule is CN1CC[C@@H](N(Cc2nnc(-c3cc4c(N)cccc4n3CC(F)(F)F)o2)c2cccc(S(C)(=O)=O)c2)[C@@H](F)C1. The van der Waals surface area contributed by atoms with Crippen LogP contribution in [0.1, 0.15) is 12.3 Å². The van der Waals surface area contributed by atoms with Crippen LogP contribution in [0.15, 0.2) is 57.8 Å². The van der Waals surface area contributed by atoms with E-state index in [1.807, 2.05) is 11.9 Å². The van der Waals surface area contributed by atoms with Crippen LogP contribution in [0.3, 0.4) is 0 Å². The molecule has 2 aromatic heterocycles. The molecule has 2 atom stereocenters. The topological polar surface area (TPSA) is 110 Å². The number of halogens is 4. The molecule has 0 saturated carbocycles. The molecule has 1 fully saturated rings. The van der Waals surface area contributed by atoms with Crippen LogP contribution in [0, 0.1) is 0 Å². The Labute approximate surface area is 228 Å². The Morgan fingerprint density at radius 3 is 2.60 bits per heavy atom. The third-order valence-electron chi connectivity index (χ3n) is 7.00. The van der Waals surface area contributed by atoms with Crippen molar-refractivity contribution in [3.63, 3.8) is 0 Å². The lowest BCUT2D eigenvalue weighted by atomic mass is 10.0. The summed E-state index contributed by atoms with van der Waals surface area (Å²) in [5.74, 6) is -0.123. The number of rotatable bonds is 7. The molecule has 1 aliphatic rings. The fraction of sp³-hybridized carbons (Fsp3) is 0.385. The van der Waals surface area contributed by atoms with Gasteiger partial charge in [0.25, 0.3) is 5.89 Å². The maximum Gasteiger partial charge on any atom is 0.406 e. The molecule has 0 unspecified atom stereocenters. The second-order valence-electron chi connectivity index (χ2n) is 10.0. The Hall–Kier alpha value is -3.65. The number of anilines is 2. The minimum Gasteiger partial charge on any atom is -0.417 e. The van der Waals surface area contributed by atoms with Crippen molar-refractivity contribution in [1.82, 2.24) is 19.7 Å². The van der Waals surface area contributed by atoms with Gasteiger partial charge in [-0.3, -0.25) is 0 Å². The van der Waals surface area contributed by atoms with Gasteiger partial charge >= 0.3 is 6.18 Å². The van der Waals surface area contributed by atoms with Crippen molar-refractivity contribution < 1.29 is 30.4 Å². The van der Waals surface area contributed by atoms with E-state index in [0.29, 0.717) is 29.7 Å². The first kappa shape index (κ1) is 27.9. The van der Waals surface area contributed by atoms with Crippen LogP contribution in [0.4, 0.5) is 28.9 Å². The average molecular weight is 581 g/mol. The summed E-state index contributed by atoms with van der Waals surface area (Å²) in [4.78, 5) is 3.61. The van der Waals surface area contributed by atoms with Gasteiger partial charge in [-0.05, 0) is 49.9 Å². The van der Waals surface area contributed by atoms with Gasteiger partial charge in [0.15, 0.2) is 9.84 Å². The van der Waals surface area contributed by atoms with E-state index < -0.39 is 34.8 Å². The molecular weight excluding hydrogens is 552 g/mol. The first-order valence-corrected chi connectivity index (χ1v) is 14.4. The lowest BCUT2D eigenvalue weighted by molar-refractivity contribution is -0.139. The van der Waals surface area contributed by atoms with Crippen LogP contribution in [0.2, 0.25) is 0 Å². The molecule has 0 amide bonds. The molecule has 5 rings (SSSR count). The number of likely N-dealkylation sites (tertiary alicyclic amines) is 1. The quantitative estimate of drug-likeness (QED) is 0.255. The van der Waals surface area contributed by atoms with Crippen molar-refractivity contribution in [1.29, 1.82) is 0 Å². The number of aromatic nitrogens is 3. The zero-order chi connectivity index (χ0) is 28.8. The second kappa shape index (κ2) is 10.4. The lowest BCUT2D eigenvalue weighted by Crippen LogP contribution is -2.51. The van der Waals surface area contributed by atoms with Gasteiger partial charge in [0.05, 0.1) is 23.0 Å². The summed E-state index contributed by atoms with van der Waals surface area (Å²) < 4.78 is 87.1. The minimum atomic E-state index is -4.53. The molecule has 2 N–H and O–H groups in total. The molecule has 0 radical (unpaired) electrons. The molecular formula is C26H28F4N6O3S. The number of hydrogen-bond donors (Lipinski definition) is 1. The van der Waals surface area contributed by atoms with Crippen molar-refractivity contribution in [3.05, 3.63) is 54.4 Å². The van der Waals surface area contributed by atoms with Gasteiger partial charge in [-0.15, -0.1) is 10.2 Å². The minimum absolute atomic E-state index is 0.0303. The van der Waals surface area contributed by atoms with Crippen molar-refractivity contribution in [3.8, 4) is 11.6 Å². The van der Waals surface area contributed by atoms with Crippen LogP contribution in [0.5, 0.6) is 0 Å². The first-order chi connectivity index (χ1) is 18.8. The summed E-state index contributed by atoms with van der Waals surface area (Å²) in [5, 5.41) is 8.48. The maximum atomic E-state index is 15.3. The number of nitrogen functional groups attached to an aromatic ring is 1. The van der Waals surface area contributed by atoms with Gasteiger partial charge < -0.3 is 24.5 Å². The molecule has 14 heteroatoms. The Balaban J connectivity index is 1.54. The fourth-order valence-electron chi connectivity index (χ4n) is 5.09. The Morgan fingerprint density at radius 2 is 1.90 bits per heavy atom. The van der Waals surface area contributed by atoms with E-state index in [-0.39, 0.29) is 41.0 Å². The number of alkyl halides is 4. The Kier molecular flexibility index (Phi) is 7.25. The first-order valence-electron chi connectivity index (χ1n) is 12.5. The average Bonchev–Trinajstić information content (AvgIpc) is 3.47. The summed E-state index contributed by atoms with van der Waals surface area (Å²) in [5.41, 5.74) is 7.06. The second-order valence-corrected chi connectivity index (χ2v) is 12.1. The number of benzene rings is 2. The Morgan fingerprint density at radius 1 is 1.15 bits per heavy atom. The van der Waals surface area contributed by atoms with E-state index in [2.05, 4.69) is 10.2 Å². The van der Waals surface area contributed by atoms with Gasteiger partial charge in [0.2, 0.25) is 5.89 Å². The molecule has 1 saturated heterocycles. The van der Waals surface area contributed by atoms with Crippen LogP contribution in [-0.4, -0.2) is 72.9 Å². The molecule has 40 heavy (non-hydrogen) atoms. The van der Waals surface area contributed by atoms with Gasteiger partial charge in [-0.1, -0.05) is 12.1 Å². The van der Waals surface area contributed by atoms with Crippen LogP contribution < -0.4 is 10.6 Å². The van der Waals surface area contributed by atoms with Crippen molar-refractivity contribution in [2.24, 2.45) is 0 Å². The fourth-order valence-corrected chi connectivity index (χ4v) is 5.75. The zero-order valence-electron chi connectivity index (χ0n) is 21.8. The Bertz CT molecular complexity index is 1630. The van der Waals surface area contributed by atoms with E-state index in [4.69, 9.17) is 10.2 Å². The van der Waals surface area contributed by atoms with E-state index in [9.17, 15) is 21.6 Å². The standard InChI is InChI=1S/C26H28F4N6O3S/c1-34-10-9-22(19(27)13-34)35(16-5-3-6-17(11-16)40(2,37)38)14-24-32-33-25(39-24)23-12-18-20(31)7-4-8-21(18)36(23)15-26(28,29)30/h3-8,11-12,19,22H,9-10,13-15,31H2,1-2H3/t19-,22+/m0/s1. The van der Waals surface area contributed by atoms with Crippen molar-refractivity contribution in [2.75, 3.05) is 37.0 Å². The van der Waals surface area contributed by atoms with Crippen molar-refractivity contribution >= 4 is 32.1 Å². The molecule has 0 bridgehead atoms. The predicted octanol–water partition coefficient (Wildman–Crippen LogP) is 4.29. The monoisotopic (exact) mass is 580 g/mol. The zero-order valence-corrected chi connectivity index (χ0v) is 22.6.